The fraction of sp³-hybridized carbons (Fsp3) is 0.316. The fourth-order valence-electron chi connectivity index (χ4n) is 3.48. The lowest BCUT2D eigenvalue weighted by Crippen LogP contribution is -2.41. The third-order valence-electron chi connectivity index (χ3n) is 4.78. The van der Waals surface area contributed by atoms with E-state index in [2.05, 4.69) is 27.3 Å². The van der Waals surface area contributed by atoms with Gasteiger partial charge in [0, 0.05) is 17.0 Å². The molecule has 7 heteroatoms. The number of amides is 2. The number of rotatable bonds is 3. The summed E-state index contributed by atoms with van der Waals surface area (Å²) in [7, 11) is 0. The Hall–Kier alpha value is -2.67. The highest BCUT2D eigenvalue weighted by atomic mass is 32.1. The second-order valence-corrected chi connectivity index (χ2v) is 7.56. The Morgan fingerprint density at radius 1 is 1.19 bits per heavy atom. The summed E-state index contributed by atoms with van der Waals surface area (Å²) in [6.45, 7) is 4.83. The van der Waals surface area contributed by atoms with E-state index in [1.165, 1.54) is 21.8 Å². The molecule has 0 spiro atoms. The van der Waals surface area contributed by atoms with Crippen molar-refractivity contribution in [3.05, 3.63) is 51.0 Å². The molecule has 1 aliphatic rings. The molecule has 2 aromatic heterocycles. The van der Waals surface area contributed by atoms with E-state index in [1.54, 1.807) is 12.1 Å². The standard InChI is InChI=1S/C19H20N4O2S/c1-3-23-11(2)20-14-9-13(7-8-15(14)23)18(24)21-22-19(25)17-10-12-5-4-6-16(12)26-17/h7-10H,3-6H2,1-2H3,(H,21,24)(H,22,25). The molecule has 0 saturated heterocycles. The summed E-state index contributed by atoms with van der Waals surface area (Å²) in [5.41, 5.74) is 8.51. The maximum absolute atomic E-state index is 12.4. The monoisotopic (exact) mass is 368 g/mol. The SMILES string of the molecule is CCn1c(C)nc2cc(C(=O)NNC(=O)c3cc4c(s3)CCC4)ccc21. The summed E-state index contributed by atoms with van der Waals surface area (Å²) in [5, 5.41) is 0. The molecule has 0 radical (unpaired) electrons. The predicted molar refractivity (Wildman–Crippen MR) is 101 cm³/mol. The van der Waals surface area contributed by atoms with Crippen LogP contribution in [0.4, 0.5) is 0 Å². The highest BCUT2D eigenvalue weighted by Gasteiger charge is 2.19. The first-order valence-corrected chi connectivity index (χ1v) is 9.57. The van der Waals surface area contributed by atoms with Crippen LogP contribution in [0.2, 0.25) is 0 Å². The summed E-state index contributed by atoms with van der Waals surface area (Å²) < 4.78 is 2.09. The number of thiophene rings is 1. The van der Waals surface area contributed by atoms with Crippen LogP contribution in [0, 0.1) is 6.92 Å². The number of aromatic nitrogens is 2. The average Bonchev–Trinajstić information content (AvgIpc) is 3.30. The van der Waals surface area contributed by atoms with Gasteiger partial charge in [0.25, 0.3) is 11.8 Å². The minimum Gasteiger partial charge on any atom is -0.329 e. The van der Waals surface area contributed by atoms with Crippen LogP contribution in [0.5, 0.6) is 0 Å². The molecule has 6 nitrogen and oxygen atoms in total. The molecule has 0 atom stereocenters. The number of hydrogen-bond donors (Lipinski definition) is 2. The first kappa shape index (κ1) is 16.8. The smallest absolute Gasteiger partial charge is 0.279 e. The van der Waals surface area contributed by atoms with Crippen LogP contribution in [0.3, 0.4) is 0 Å². The van der Waals surface area contributed by atoms with Crippen molar-refractivity contribution in [2.75, 3.05) is 0 Å². The van der Waals surface area contributed by atoms with Gasteiger partial charge in [0.2, 0.25) is 0 Å². The summed E-state index contributed by atoms with van der Waals surface area (Å²) >= 11 is 1.51. The van der Waals surface area contributed by atoms with Crippen molar-refractivity contribution in [1.29, 1.82) is 0 Å². The molecule has 0 saturated carbocycles. The zero-order valence-corrected chi connectivity index (χ0v) is 15.6. The van der Waals surface area contributed by atoms with Gasteiger partial charge >= 0.3 is 0 Å². The lowest BCUT2D eigenvalue weighted by Gasteiger charge is -2.07. The Morgan fingerprint density at radius 3 is 2.77 bits per heavy atom. The largest absolute Gasteiger partial charge is 0.329 e. The lowest BCUT2D eigenvalue weighted by atomic mass is 10.2. The average molecular weight is 368 g/mol. The molecule has 0 aliphatic heterocycles. The minimum atomic E-state index is -0.354. The molecule has 26 heavy (non-hydrogen) atoms. The van der Waals surface area contributed by atoms with Crippen LogP contribution in [-0.4, -0.2) is 21.4 Å². The van der Waals surface area contributed by atoms with Gasteiger partial charge in [-0.25, -0.2) is 4.98 Å². The molecule has 0 unspecified atom stereocenters. The molecule has 2 amide bonds. The first-order valence-electron chi connectivity index (χ1n) is 8.76. The van der Waals surface area contributed by atoms with E-state index in [-0.39, 0.29) is 11.8 Å². The van der Waals surface area contributed by atoms with Crippen molar-refractivity contribution in [2.45, 2.75) is 39.7 Å². The Morgan fingerprint density at radius 2 is 2.00 bits per heavy atom. The van der Waals surface area contributed by atoms with Gasteiger partial charge in [-0.1, -0.05) is 0 Å². The van der Waals surface area contributed by atoms with Gasteiger partial charge in [-0.2, -0.15) is 0 Å². The number of hydrogen-bond acceptors (Lipinski definition) is 4. The highest BCUT2D eigenvalue weighted by molar-refractivity contribution is 7.14. The molecular weight excluding hydrogens is 348 g/mol. The van der Waals surface area contributed by atoms with E-state index < -0.39 is 0 Å². The molecule has 1 aromatic carbocycles. The minimum absolute atomic E-state index is 0.273. The normalized spacial score (nSPS) is 13.0. The van der Waals surface area contributed by atoms with E-state index in [1.807, 2.05) is 19.1 Å². The summed E-state index contributed by atoms with van der Waals surface area (Å²) in [6.07, 6.45) is 3.24. The number of hydrazine groups is 1. The van der Waals surface area contributed by atoms with Crippen molar-refractivity contribution in [1.82, 2.24) is 20.4 Å². The zero-order valence-electron chi connectivity index (χ0n) is 14.8. The summed E-state index contributed by atoms with van der Waals surface area (Å²) in [6, 6.07) is 7.31. The van der Waals surface area contributed by atoms with E-state index in [4.69, 9.17) is 0 Å². The predicted octanol–water partition coefficient (Wildman–Crippen LogP) is 2.99. The fourth-order valence-corrected chi connectivity index (χ4v) is 4.63. The Balaban J connectivity index is 1.45. The van der Waals surface area contributed by atoms with Crippen LogP contribution >= 0.6 is 11.3 Å². The summed E-state index contributed by atoms with van der Waals surface area (Å²) in [5.74, 6) is 0.289. The second-order valence-electron chi connectivity index (χ2n) is 6.43. The van der Waals surface area contributed by atoms with Crippen LogP contribution in [0.1, 0.15) is 49.6 Å². The van der Waals surface area contributed by atoms with Crippen LogP contribution < -0.4 is 10.9 Å². The quantitative estimate of drug-likeness (QED) is 0.698. The lowest BCUT2D eigenvalue weighted by molar-refractivity contribution is 0.0849. The molecule has 1 aliphatic carbocycles. The van der Waals surface area contributed by atoms with Gasteiger partial charge < -0.3 is 4.57 Å². The van der Waals surface area contributed by atoms with Crippen LogP contribution in [-0.2, 0) is 19.4 Å². The van der Waals surface area contributed by atoms with E-state index in [9.17, 15) is 9.59 Å². The third kappa shape index (κ3) is 2.88. The molecule has 3 aromatic rings. The van der Waals surface area contributed by atoms with Crippen molar-refractivity contribution >= 4 is 34.2 Å². The number of carbonyl (C=O) groups excluding carboxylic acids is 2. The van der Waals surface area contributed by atoms with E-state index in [0.29, 0.717) is 10.4 Å². The number of carbonyl (C=O) groups is 2. The van der Waals surface area contributed by atoms with Gasteiger partial charge in [-0.05, 0) is 62.9 Å². The number of nitrogens with zero attached hydrogens (tertiary/aromatic N) is 2. The van der Waals surface area contributed by atoms with Crippen LogP contribution in [0.25, 0.3) is 11.0 Å². The maximum Gasteiger partial charge on any atom is 0.279 e. The Bertz CT molecular complexity index is 997. The Kier molecular flexibility index (Phi) is 4.24. The van der Waals surface area contributed by atoms with Gasteiger partial charge in [0.1, 0.15) is 5.82 Å². The molecule has 0 fully saturated rings. The highest BCUT2D eigenvalue weighted by Crippen LogP contribution is 2.30. The number of benzene rings is 1. The van der Waals surface area contributed by atoms with Gasteiger partial charge in [-0.3, -0.25) is 20.4 Å². The maximum atomic E-state index is 12.4. The zero-order chi connectivity index (χ0) is 18.3. The topological polar surface area (TPSA) is 76.0 Å². The van der Waals surface area contributed by atoms with Gasteiger partial charge in [0.15, 0.2) is 0 Å². The number of imidazole rings is 1. The molecule has 2 heterocycles. The van der Waals surface area contributed by atoms with E-state index in [0.717, 1.165) is 42.7 Å². The molecular formula is C19H20N4O2S. The van der Waals surface area contributed by atoms with Crippen molar-refractivity contribution in [2.24, 2.45) is 0 Å². The Labute approximate surface area is 155 Å². The number of aryl methyl sites for hydroxylation is 4. The first-order chi connectivity index (χ1) is 12.6. The number of fused-ring (bicyclic) bond motifs is 2. The van der Waals surface area contributed by atoms with Crippen molar-refractivity contribution in [3.63, 3.8) is 0 Å². The second kappa shape index (κ2) is 6.57. The van der Waals surface area contributed by atoms with Crippen molar-refractivity contribution < 1.29 is 9.59 Å². The summed E-state index contributed by atoms with van der Waals surface area (Å²) in [4.78, 5) is 31.0. The number of nitrogens with one attached hydrogen (secondary N) is 2. The molecule has 2 N–H and O–H groups in total. The van der Waals surface area contributed by atoms with Gasteiger partial charge in [0.05, 0.1) is 15.9 Å². The van der Waals surface area contributed by atoms with Crippen molar-refractivity contribution in [3.8, 4) is 0 Å². The molecule has 0 bridgehead atoms. The molecule has 4 rings (SSSR count). The van der Waals surface area contributed by atoms with E-state index >= 15 is 0 Å². The molecule has 134 valence electrons. The van der Waals surface area contributed by atoms with Crippen LogP contribution in [0.15, 0.2) is 24.3 Å². The third-order valence-corrected chi connectivity index (χ3v) is 6.01. The van der Waals surface area contributed by atoms with Gasteiger partial charge in [-0.15, -0.1) is 11.3 Å².